The van der Waals surface area contributed by atoms with Gasteiger partial charge in [0, 0.05) is 18.9 Å². The van der Waals surface area contributed by atoms with Crippen molar-refractivity contribution in [2.24, 2.45) is 35.0 Å². The van der Waals surface area contributed by atoms with Crippen molar-refractivity contribution < 1.29 is 23.8 Å². The van der Waals surface area contributed by atoms with E-state index < -0.39 is 5.41 Å². The Morgan fingerprint density at radius 3 is 2.50 bits per heavy atom. The lowest BCUT2D eigenvalue weighted by Crippen LogP contribution is -2.28. The maximum Gasteiger partial charge on any atom is 0.311 e. The largest absolute Gasteiger partial charge is 0.497 e. The molecule has 1 aromatic carbocycles. The fourth-order valence-electron chi connectivity index (χ4n) is 5.68. The number of carbonyl (C=O) groups is 2. The number of methoxy groups -OCH3 is 1. The monoisotopic (exact) mass is 440 g/mol. The topological polar surface area (TPSA) is 61.8 Å². The second-order valence-electron chi connectivity index (χ2n) is 10.7. The molecule has 5 heteroatoms. The molecule has 0 aromatic heterocycles. The van der Waals surface area contributed by atoms with Crippen LogP contribution in [0.25, 0.3) is 0 Å². The van der Waals surface area contributed by atoms with Crippen LogP contribution in [0, 0.1) is 35.0 Å². The lowest BCUT2D eigenvalue weighted by molar-refractivity contribution is -0.158. The van der Waals surface area contributed by atoms with E-state index in [2.05, 4.69) is 12.2 Å². The van der Waals surface area contributed by atoms with Crippen molar-refractivity contribution in [1.82, 2.24) is 0 Å². The van der Waals surface area contributed by atoms with Crippen molar-refractivity contribution in [3.8, 4) is 5.75 Å². The van der Waals surface area contributed by atoms with Crippen LogP contribution in [0.2, 0.25) is 0 Å². The summed E-state index contributed by atoms with van der Waals surface area (Å²) in [7, 11) is 1.66. The standard InChI is InChI=1S/C27H36O5/c1-27(2,3)26(29)32-20-13-18-7-10-21-22(25(28)15-24(21)23(18)14-20)11-12-31-16-17-5-8-19(30-4)9-6-17/h5-10,18,20-24H,11-16H2,1-4H3/t18-,20-,21+,22+,23-,24-/m1/s1. The van der Waals surface area contributed by atoms with Gasteiger partial charge in [-0.15, -0.1) is 0 Å². The number of hydrogen-bond donors (Lipinski definition) is 0. The van der Waals surface area contributed by atoms with Crippen molar-refractivity contribution in [2.75, 3.05) is 13.7 Å². The number of allylic oxidation sites excluding steroid dienone is 2. The van der Waals surface area contributed by atoms with Crippen LogP contribution in [-0.4, -0.2) is 31.6 Å². The summed E-state index contributed by atoms with van der Waals surface area (Å²) in [5.74, 6) is 2.66. The summed E-state index contributed by atoms with van der Waals surface area (Å²) in [6, 6.07) is 7.87. The number of esters is 1. The summed E-state index contributed by atoms with van der Waals surface area (Å²) in [4.78, 5) is 25.2. The summed E-state index contributed by atoms with van der Waals surface area (Å²) in [6.45, 7) is 6.80. The second-order valence-corrected chi connectivity index (χ2v) is 10.7. The van der Waals surface area contributed by atoms with E-state index in [9.17, 15) is 9.59 Å². The van der Waals surface area contributed by atoms with E-state index in [-0.39, 0.29) is 18.0 Å². The molecule has 0 radical (unpaired) electrons. The fourth-order valence-corrected chi connectivity index (χ4v) is 5.68. The SMILES string of the molecule is COc1ccc(COCC[C@@H]2C(=O)C[C@@H]3[C@H]2C=C[C@@H]2C[C@@H](OC(=O)C(C)(C)C)C[C@@H]32)cc1. The van der Waals surface area contributed by atoms with Gasteiger partial charge in [0.05, 0.1) is 19.1 Å². The second kappa shape index (κ2) is 9.38. The van der Waals surface area contributed by atoms with Crippen LogP contribution in [0.3, 0.4) is 0 Å². The van der Waals surface area contributed by atoms with Gasteiger partial charge in [-0.2, -0.15) is 0 Å². The molecule has 0 spiro atoms. The maximum atomic E-state index is 12.9. The number of fused-ring (bicyclic) bond motifs is 3. The first-order valence-electron chi connectivity index (χ1n) is 11.9. The Morgan fingerprint density at radius 2 is 1.81 bits per heavy atom. The molecule has 0 amide bonds. The lowest BCUT2D eigenvalue weighted by atomic mass is 9.71. The van der Waals surface area contributed by atoms with Gasteiger partial charge in [-0.25, -0.2) is 0 Å². The van der Waals surface area contributed by atoms with Crippen LogP contribution in [0.4, 0.5) is 0 Å². The van der Waals surface area contributed by atoms with Gasteiger partial charge in [0.15, 0.2) is 0 Å². The minimum Gasteiger partial charge on any atom is -0.497 e. The normalized spacial score (nSPS) is 31.3. The van der Waals surface area contributed by atoms with E-state index in [0.29, 0.717) is 49.1 Å². The van der Waals surface area contributed by atoms with Crippen LogP contribution in [0.5, 0.6) is 5.75 Å². The van der Waals surface area contributed by atoms with E-state index in [1.165, 1.54) is 0 Å². The van der Waals surface area contributed by atoms with Gasteiger partial charge in [-0.1, -0.05) is 24.3 Å². The first-order valence-corrected chi connectivity index (χ1v) is 11.9. The molecule has 0 aliphatic heterocycles. The third-order valence-corrected chi connectivity index (χ3v) is 7.45. The van der Waals surface area contributed by atoms with Crippen molar-refractivity contribution in [1.29, 1.82) is 0 Å². The zero-order chi connectivity index (χ0) is 22.9. The van der Waals surface area contributed by atoms with E-state index in [1.54, 1.807) is 7.11 Å². The lowest BCUT2D eigenvalue weighted by Gasteiger charge is -2.33. The first-order chi connectivity index (χ1) is 15.3. The molecule has 2 saturated carbocycles. The van der Waals surface area contributed by atoms with Gasteiger partial charge in [-0.3, -0.25) is 9.59 Å². The number of ketones is 1. The average Bonchev–Trinajstić information content (AvgIpc) is 3.31. The molecule has 3 aliphatic carbocycles. The van der Waals surface area contributed by atoms with E-state index >= 15 is 0 Å². The highest BCUT2D eigenvalue weighted by Gasteiger charge is 2.51. The highest BCUT2D eigenvalue weighted by molar-refractivity contribution is 5.84. The molecule has 0 bridgehead atoms. The van der Waals surface area contributed by atoms with E-state index in [1.807, 2.05) is 45.0 Å². The zero-order valence-corrected chi connectivity index (χ0v) is 19.7. The molecule has 3 aliphatic rings. The van der Waals surface area contributed by atoms with E-state index in [4.69, 9.17) is 14.2 Å². The smallest absolute Gasteiger partial charge is 0.311 e. The molecule has 32 heavy (non-hydrogen) atoms. The molecular formula is C27H36O5. The summed E-state index contributed by atoms with van der Waals surface area (Å²) in [5, 5.41) is 0. The predicted molar refractivity (Wildman–Crippen MR) is 122 cm³/mol. The van der Waals surface area contributed by atoms with Gasteiger partial charge >= 0.3 is 5.97 Å². The Labute approximate surface area is 191 Å². The van der Waals surface area contributed by atoms with Gasteiger partial charge < -0.3 is 14.2 Å². The van der Waals surface area contributed by atoms with Crippen molar-refractivity contribution >= 4 is 11.8 Å². The zero-order valence-electron chi connectivity index (χ0n) is 19.7. The van der Waals surface area contributed by atoms with E-state index in [0.717, 1.165) is 30.6 Å². The van der Waals surface area contributed by atoms with Crippen LogP contribution < -0.4 is 4.74 Å². The van der Waals surface area contributed by atoms with Crippen LogP contribution >= 0.6 is 0 Å². The molecule has 0 heterocycles. The van der Waals surface area contributed by atoms with Gasteiger partial charge in [-0.05, 0) is 81.4 Å². The van der Waals surface area contributed by atoms with Crippen LogP contribution in [0.1, 0.15) is 52.0 Å². The quantitative estimate of drug-likeness (QED) is 0.340. The van der Waals surface area contributed by atoms with Crippen LogP contribution in [-0.2, 0) is 25.7 Å². The predicted octanol–water partition coefficient (Wildman–Crippen LogP) is 4.98. The number of hydrogen-bond acceptors (Lipinski definition) is 5. The minimum atomic E-state index is -0.480. The highest BCUT2D eigenvalue weighted by atomic mass is 16.5. The molecule has 6 atom stereocenters. The molecule has 5 nitrogen and oxygen atoms in total. The molecule has 2 fully saturated rings. The molecule has 174 valence electrons. The Kier molecular flexibility index (Phi) is 6.75. The summed E-state index contributed by atoms with van der Waals surface area (Å²) >= 11 is 0. The number of rotatable bonds is 7. The number of carbonyl (C=O) groups excluding carboxylic acids is 2. The molecule has 0 unspecified atom stereocenters. The number of ether oxygens (including phenoxy) is 3. The van der Waals surface area contributed by atoms with Gasteiger partial charge in [0.25, 0.3) is 0 Å². The third-order valence-electron chi connectivity index (χ3n) is 7.45. The Hall–Kier alpha value is -2.14. The summed E-state index contributed by atoms with van der Waals surface area (Å²) in [5.41, 5.74) is 0.621. The minimum absolute atomic E-state index is 0.0258. The average molecular weight is 441 g/mol. The summed E-state index contributed by atoms with van der Waals surface area (Å²) < 4.78 is 16.9. The number of benzene rings is 1. The molecular weight excluding hydrogens is 404 g/mol. The first kappa shape index (κ1) is 23.0. The van der Waals surface area contributed by atoms with Crippen molar-refractivity contribution in [3.05, 3.63) is 42.0 Å². The van der Waals surface area contributed by atoms with Crippen LogP contribution in [0.15, 0.2) is 36.4 Å². The van der Waals surface area contributed by atoms with Gasteiger partial charge in [0.2, 0.25) is 0 Å². The maximum absolute atomic E-state index is 12.9. The Bertz CT molecular complexity index is 850. The Morgan fingerprint density at radius 1 is 1.06 bits per heavy atom. The number of Topliss-reactive ketones (excluding diaryl/α,β-unsaturated/α-hetero) is 1. The third kappa shape index (κ3) is 4.93. The molecule has 4 rings (SSSR count). The fraction of sp³-hybridized carbons (Fsp3) is 0.630. The van der Waals surface area contributed by atoms with Gasteiger partial charge in [0.1, 0.15) is 17.6 Å². The summed E-state index contributed by atoms with van der Waals surface area (Å²) in [6.07, 6.45) is 7.73. The van der Waals surface area contributed by atoms with Crippen molar-refractivity contribution in [2.45, 2.75) is 59.2 Å². The molecule has 0 N–H and O–H groups in total. The highest BCUT2D eigenvalue weighted by Crippen LogP contribution is 2.53. The molecule has 1 aromatic rings. The van der Waals surface area contributed by atoms with Crippen molar-refractivity contribution in [3.63, 3.8) is 0 Å². The molecule has 0 saturated heterocycles. The Balaban J connectivity index is 1.29.